The van der Waals surface area contributed by atoms with Crippen molar-refractivity contribution in [1.29, 1.82) is 0 Å². The number of benzene rings is 1. The molecule has 0 saturated heterocycles. The molecule has 1 aromatic carbocycles. The summed E-state index contributed by atoms with van der Waals surface area (Å²) in [5.41, 5.74) is 1.41. The molecule has 2 atom stereocenters. The van der Waals surface area contributed by atoms with Gasteiger partial charge in [0.25, 0.3) is 0 Å². The predicted octanol–water partition coefficient (Wildman–Crippen LogP) is 4.33. The third-order valence-corrected chi connectivity index (χ3v) is 5.63. The zero-order valence-electron chi connectivity index (χ0n) is 19.6. The van der Waals surface area contributed by atoms with Crippen LogP contribution >= 0.6 is 0 Å². The van der Waals surface area contributed by atoms with Crippen LogP contribution in [0.4, 0.5) is 17.5 Å². The number of nitrogens with one attached hydrogen (secondary N) is 3. The van der Waals surface area contributed by atoms with Gasteiger partial charge < -0.3 is 25.3 Å². The molecule has 0 fully saturated rings. The second-order valence-corrected chi connectivity index (χ2v) is 8.63. The van der Waals surface area contributed by atoms with Crippen molar-refractivity contribution in [2.45, 2.75) is 38.8 Å². The van der Waals surface area contributed by atoms with Crippen LogP contribution in [-0.2, 0) is 4.79 Å². The van der Waals surface area contributed by atoms with Crippen molar-refractivity contribution in [3.8, 4) is 11.6 Å². The first-order chi connectivity index (χ1) is 16.5. The van der Waals surface area contributed by atoms with Gasteiger partial charge >= 0.3 is 0 Å². The van der Waals surface area contributed by atoms with Crippen LogP contribution in [0.5, 0.6) is 5.75 Å². The average Bonchev–Trinajstić information content (AvgIpc) is 3.38. The molecular weight excluding hydrogens is 430 g/mol. The molecule has 0 unspecified atom stereocenters. The first-order valence-electron chi connectivity index (χ1n) is 11.4. The number of fused-ring (bicyclic) bond motifs is 1. The van der Waals surface area contributed by atoms with E-state index < -0.39 is 6.04 Å². The van der Waals surface area contributed by atoms with E-state index in [1.807, 2.05) is 41.2 Å². The maximum Gasteiger partial charge on any atom is 0.243 e. The number of rotatable bonds is 8. The predicted molar refractivity (Wildman–Crippen MR) is 131 cm³/mol. The number of ether oxygens (including phenoxy) is 1. The lowest BCUT2D eigenvalue weighted by atomic mass is 9.98. The van der Waals surface area contributed by atoms with E-state index in [1.165, 1.54) is 0 Å². The molecule has 4 rings (SSSR count). The van der Waals surface area contributed by atoms with Crippen LogP contribution < -0.4 is 20.7 Å². The molecular formula is C25H29N7O2. The zero-order chi connectivity index (χ0) is 24.1. The van der Waals surface area contributed by atoms with Gasteiger partial charge in [0.05, 0.1) is 19.2 Å². The molecule has 0 spiro atoms. The Morgan fingerprint density at radius 2 is 2.06 bits per heavy atom. The van der Waals surface area contributed by atoms with Gasteiger partial charge in [0.2, 0.25) is 11.9 Å². The summed E-state index contributed by atoms with van der Waals surface area (Å²) in [4.78, 5) is 25.9. The Bertz CT molecular complexity index is 1180. The lowest BCUT2D eigenvalue weighted by molar-refractivity contribution is -0.123. The monoisotopic (exact) mass is 459 g/mol. The molecule has 9 nitrogen and oxygen atoms in total. The molecule has 34 heavy (non-hydrogen) atoms. The van der Waals surface area contributed by atoms with E-state index in [0.717, 1.165) is 5.56 Å². The molecule has 176 valence electrons. The summed E-state index contributed by atoms with van der Waals surface area (Å²) in [6.45, 7) is 11.9. The maximum atomic E-state index is 13.4. The van der Waals surface area contributed by atoms with Crippen LogP contribution in [0.1, 0.15) is 38.3 Å². The lowest BCUT2D eigenvalue weighted by Gasteiger charge is -2.29. The summed E-state index contributed by atoms with van der Waals surface area (Å²) in [7, 11) is 1.76. The second-order valence-electron chi connectivity index (χ2n) is 8.63. The fourth-order valence-electron chi connectivity index (χ4n) is 3.99. The number of anilines is 2. The molecule has 1 aliphatic heterocycles. The first-order valence-corrected chi connectivity index (χ1v) is 11.4. The number of amides is 1. The van der Waals surface area contributed by atoms with E-state index in [9.17, 15) is 4.79 Å². The Kier molecular flexibility index (Phi) is 6.97. The van der Waals surface area contributed by atoms with Crippen molar-refractivity contribution < 1.29 is 9.53 Å². The Morgan fingerprint density at radius 3 is 2.76 bits per heavy atom. The highest BCUT2D eigenvalue weighted by Crippen LogP contribution is 2.35. The van der Waals surface area contributed by atoms with Crippen LogP contribution in [0.25, 0.3) is 10.7 Å². The number of hydrogen-bond acceptors (Lipinski definition) is 6. The largest absolute Gasteiger partial charge is 0.494 e. The zero-order valence-corrected chi connectivity index (χ0v) is 19.6. The van der Waals surface area contributed by atoms with Crippen molar-refractivity contribution >= 4 is 23.4 Å². The standard InChI is InChI=1S/C25H29N7O2/c1-16(2)13-20(28-22-15-23(31-25(27-4)30-22)32-10-5-6-11-32)24(33)29-19-9-12-34-21-14-17(26-3)7-8-18(19)21/h5-8,10-11,14-16,19-20H,9,12-13H2,1-2,4H3,(H,29,33)(H2,27,28,30,31)/t19-,20-/m1/s1. The van der Waals surface area contributed by atoms with Crippen molar-refractivity contribution in [2.75, 3.05) is 24.3 Å². The molecule has 0 aliphatic carbocycles. The summed E-state index contributed by atoms with van der Waals surface area (Å²) >= 11 is 0. The fourth-order valence-corrected chi connectivity index (χ4v) is 3.99. The number of carbonyl (C=O) groups excluding carboxylic acids is 1. The third kappa shape index (κ3) is 5.29. The summed E-state index contributed by atoms with van der Waals surface area (Å²) in [5.74, 6) is 2.58. The van der Waals surface area contributed by atoms with Crippen LogP contribution in [0.3, 0.4) is 0 Å². The molecule has 2 aromatic heterocycles. The minimum atomic E-state index is -0.481. The van der Waals surface area contributed by atoms with Gasteiger partial charge in [0.1, 0.15) is 23.4 Å². The van der Waals surface area contributed by atoms with Gasteiger partial charge in [-0.2, -0.15) is 9.97 Å². The number of nitrogens with zero attached hydrogens (tertiary/aromatic N) is 4. The lowest BCUT2D eigenvalue weighted by Crippen LogP contribution is -2.43. The van der Waals surface area contributed by atoms with Gasteiger partial charge in [0, 0.05) is 37.5 Å². The molecule has 3 aromatic rings. The molecule has 3 N–H and O–H groups in total. The molecule has 0 saturated carbocycles. The highest BCUT2D eigenvalue weighted by atomic mass is 16.5. The Balaban J connectivity index is 1.56. The molecule has 9 heteroatoms. The SMILES string of the molecule is [C-]#[N+]c1ccc2c(c1)OCC[C@H]2NC(=O)[C@@H](CC(C)C)Nc1cc(-n2cccc2)nc(NC)n1. The minimum absolute atomic E-state index is 0.104. The van der Waals surface area contributed by atoms with E-state index in [0.29, 0.717) is 54.4 Å². The van der Waals surface area contributed by atoms with Crippen LogP contribution in [0.2, 0.25) is 0 Å². The third-order valence-electron chi connectivity index (χ3n) is 5.63. The topological polar surface area (TPSA) is 97.5 Å². The number of hydrogen-bond donors (Lipinski definition) is 3. The molecule has 0 radical (unpaired) electrons. The summed E-state index contributed by atoms with van der Waals surface area (Å²) < 4.78 is 7.63. The van der Waals surface area contributed by atoms with E-state index in [-0.39, 0.29) is 11.9 Å². The quantitative estimate of drug-likeness (QED) is 0.434. The summed E-state index contributed by atoms with van der Waals surface area (Å²) in [6.07, 6.45) is 5.12. The van der Waals surface area contributed by atoms with Crippen molar-refractivity contribution in [1.82, 2.24) is 19.9 Å². The Labute approximate surface area is 199 Å². The molecule has 1 amide bonds. The van der Waals surface area contributed by atoms with Gasteiger partial charge in [-0.05, 0) is 30.5 Å². The Morgan fingerprint density at radius 1 is 1.26 bits per heavy atom. The summed E-state index contributed by atoms with van der Waals surface area (Å²) in [6, 6.07) is 10.4. The van der Waals surface area contributed by atoms with E-state index in [2.05, 4.69) is 44.6 Å². The van der Waals surface area contributed by atoms with E-state index >= 15 is 0 Å². The average molecular weight is 460 g/mol. The van der Waals surface area contributed by atoms with E-state index in [1.54, 1.807) is 19.2 Å². The van der Waals surface area contributed by atoms with Crippen molar-refractivity contribution in [2.24, 2.45) is 5.92 Å². The smallest absolute Gasteiger partial charge is 0.243 e. The number of aromatic nitrogens is 3. The van der Waals surface area contributed by atoms with Crippen LogP contribution in [0, 0.1) is 12.5 Å². The highest BCUT2D eigenvalue weighted by molar-refractivity contribution is 5.85. The molecule has 1 aliphatic rings. The molecule has 3 heterocycles. The van der Waals surface area contributed by atoms with Crippen LogP contribution in [0.15, 0.2) is 48.8 Å². The maximum absolute atomic E-state index is 13.4. The Hall–Kier alpha value is -4.06. The minimum Gasteiger partial charge on any atom is -0.494 e. The second kappa shape index (κ2) is 10.3. The fraction of sp³-hybridized carbons (Fsp3) is 0.360. The van der Waals surface area contributed by atoms with Crippen molar-refractivity contribution in [3.05, 3.63) is 65.8 Å². The first kappa shape index (κ1) is 23.1. The number of carbonyl (C=O) groups is 1. The van der Waals surface area contributed by atoms with Crippen LogP contribution in [-0.4, -0.2) is 40.1 Å². The van der Waals surface area contributed by atoms with Gasteiger partial charge in [-0.15, -0.1) is 0 Å². The summed E-state index contributed by atoms with van der Waals surface area (Å²) in [5, 5.41) is 9.51. The molecule has 0 bridgehead atoms. The van der Waals surface area contributed by atoms with Crippen molar-refractivity contribution in [3.63, 3.8) is 0 Å². The normalized spacial score (nSPS) is 15.6. The van der Waals surface area contributed by atoms with E-state index in [4.69, 9.17) is 11.3 Å². The van der Waals surface area contributed by atoms with Gasteiger partial charge in [0.15, 0.2) is 5.69 Å². The van der Waals surface area contributed by atoms with Gasteiger partial charge in [-0.3, -0.25) is 4.79 Å². The van der Waals surface area contributed by atoms with Gasteiger partial charge in [-0.25, -0.2) is 4.85 Å². The highest BCUT2D eigenvalue weighted by Gasteiger charge is 2.27. The van der Waals surface area contributed by atoms with Gasteiger partial charge in [-0.1, -0.05) is 26.0 Å².